The van der Waals surface area contributed by atoms with Gasteiger partial charge in [-0.3, -0.25) is 9.78 Å². The summed E-state index contributed by atoms with van der Waals surface area (Å²) in [5, 5.41) is 3.68. The van der Waals surface area contributed by atoms with E-state index in [0.717, 1.165) is 26.5 Å². The maximum atomic E-state index is 12.8. The fourth-order valence-electron chi connectivity index (χ4n) is 3.06. The van der Waals surface area contributed by atoms with Gasteiger partial charge in [-0.1, -0.05) is 18.2 Å². The molecule has 0 saturated heterocycles. The van der Waals surface area contributed by atoms with Crippen molar-refractivity contribution in [2.24, 2.45) is 0 Å². The minimum Gasteiger partial charge on any atom is -0.454 e. The topological polar surface area (TPSA) is 73.3 Å². The predicted octanol–water partition coefficient (Wildman–Crippen LogP) is 4.02. The van der Waals surface area contributed by atoms with Crippen molar-refractivity contribution in [2.45, 2.75) is 6.54 Å². The van der Waals surface area contributed by atoms with Crippen molar-refractivity contribution in [1.29, 1.82) is 0 Å². The number of nitrogens with one attached hydrogen (secondary N) is 1. The second-order valence-electron chi connectivity index (χ2n) is 6.26. The molecule has 0 aliphatic carbocycles. The Labute approximate surface area is 164 Å². The Balaban J connectivity index is 1.39. The maximum absolute atomic E-state index is 12.8. The molecule has 0 radical (unpaired) electrons. The average molecular weight is 389 g/mol. The number of para-hydroxylation sites is 1. The van der Waals surface area contributed by atoms with E-state index in [-0.39, 0.29) is 12.7 Å². The highest BCUT2D eigenvalue weighted by Crippen LogP contribution is 2.33. The lowest BCUT2D eigenvalue weighted by Gasteiger charge is -2.08. The summed E-state index contributed by atoms with van der Waals surface area (Å²) >= 11 is 1.53. The summed E-state index contributed by atoms with van der Waals surface area (Å²) in [6.45, 7) is 0.607. The molecule has 3 heterocycles. The summed E-state index contributed by atoms with van der Waals surface area (Å²) in [6, 6.07) is 17.0. The van der Waals surface area contributed by atoms with Crippen LogP contribution in [0.15, 0.2) is 60.8 Å². The van der Waals surface area contributed by atoms with Gasteiger partial charge in [-0.05, 0) is 42.0 Å². The van der Waals surface area contributed by atoms with Gasteiger partial charge in [-0.15, -0.1) is 11.3 Å². The summed E-state index contributed by atoms with van der Waals surface area (Å²) in [6.07, 6.45) is 1.68. The molecule has 0 unspecified atom stereocenters. The van der Waals surface area contributed by atoms with E-state index in [1.165, 1.54) is 11.3 Å². The number of aromatic nitrogens is 2. The molecule has 0 atom stereocenters. The number of hydrogen-bond acceptors (Lipinski definition) is 6. The van der Waals surface area contributed by atoms with Crippen LogP contribution in [0.5, 0.6) is 11.5 Å². The number of benzene rings is 2. The average Bonchev–Trinajstić information content (AvgIpc) is 3.38. The largest absolute Gasteiger partial charge is 0.454 e. The number of amides is 1. The first-order chi connectivity index (χ1) is 13.8. The zero-order valence-corrected chi connectivity index (χ0v) is 15.5. The van der Waals surface area contributed by atoms with Crippen LogP contribution in [0.25, 0.3) is 20.9 Å². The van der Waals surface area contributed by atoms with Crippen LogP contribution in [0.2, 0.25) is 0 Å². The molecule has 2 aromatic carbocycles. The highest BCUT2D eigenvalue weighted by atomic mass is 32.1. The summed E-state index contributed by atoms with van der Waals surface area (Å²) in [5.74, 6) is 1.23. The first-order valence-electron chi connectivity index (χ1n) is 8.75. The summed E-state index contributed by atoms with van der Waals surface area (Å²) < 4.78 is 11.8. The van der Waals surface area contributed by atoms with Gasteiger partial charge in [0, 0.05) is 12.7 Å². The molecule has 28 heavy (non-hydrogen) atoms. The van der Waals surface area contributed by atoms with Gasteiger partial charge in [0.2, 0.25) is 6.79 Å². The van der Waals surface area contributed by atoms with Crippen LogP contribution in [0.1, 0.15) is 15.9 Å². The lowest BCUT2D eigenvalue weighted by molar-refractivity contribution is 0.0951. The van der Waals surface area contributed by atoms with Gasteiger partial charge in [-0.2, -0.15) is 0 Å². The van der Waals surface area contributed by atoms with Gasteiger partial charge < -0.3 is 14.8 Å². The van der Waals surface area contributed by atoms with E-state index in [0.29, 0.717) is 23.6 Å². The fraction of sp³-hybridized carbons (Fsp3) is 0.0952. The summed E-state index contributed by atoms with van der Waals surface area (Å²) in [7, 11) is 0. The smallest absolute Gasteiger partial charge is 0.253 e. The van der Waals surface area contributed by atoms with E-state index < -0.39 is 0 Å². The van der Waals surface area contributed by atoms with Crippen molar-refractivity contribution in [1.82, 2.24) is 15.3 Å². The molecule has 4 aromatic rings. The van der Waals surface area contributed by atoms with Crippen molar-refractivity contribution in [3.05, 3.63) is 71.9 Å². The zero-order chi connectivity index (χ0) is 18.9. The molecular formula is C21H15N3O3S. The predicted molar refractivity (Wildman–Crippen MR) is 107 cm³/mol. The van der Waals surface area contributed by atoms with Crippen molar-refractivity contribution in [3.8, 4) is 22.2 Å². The highest BCUT2D eigenvalue weighted by Gasteiger charge is 2.18. The number of rotatable bonds is 4. The number of ether oxygens (including phenoxy) is 2. The molecular weight excluding hydrogens is 374 g/mol. The lowest BCUT2D eigenvalue weighted by atomic mass is 10.1. The SMILES string of the molecule is O=C(NCc1ccc2c(c1)OCO2)c1cccnc1-c1nc2ccccc2s1. The number of thiazole rings is 1. The Morgan fingerprint density at radius 2 is 1.96 bits per heavy atom. The molecule has 1 N–H and O–H groups in total. The van der Waals surface area contributed by atoms with Crippen LogP contribution in [0.3, 0.4) is 0 Å². The number of pyridine rings is 1. The normalized spacial score (nSPS) is 12.3. The van der Waals surface area contributed by atoms with Gasteiger partial charge in [0.15, 0.2) is 11.5 Å². The molecule has 6 nitrogen and oxygen atoms in total. The molecule has 1 aliphatic rings. The molecule has 7 heteroatoms. The maximum Gasteiger partial charge on any atom is 0.253 e. The Morgan fingerprint density at radius 1 is 1.07 bits per heavy atom. The number of carbonyl (C=O) groups excluding carboxylic acids is 1. The zero-order valence-electron chi connectivity index (χ0n) is 14.7. The molecule has 138 valence electrons. The van der Waals surface area contributed by atoms with Gasteiger partial charge >= 0.3 is 0 Å². The van der Waals surface area contributed by atoms with Crippen LogP contribution in [0.4, 0.5) is 0 Å². The van der Waals surface area contributed by atoms with Crippen molar-refractivity contribution < 1.29 is 14.3 Å². The van der Waals surface area contributed by atoms with Gasteiger partial charge in [0.05, 0.1) is 15.8 Å². The fourth-order valence-corrected chi connectivity index (χ4v) is 4.04. The Hall–Kier alpha value is -3.45. The first-order valence-corrected chi connectivity index (χ1v) is 9.57. The van der Waals surface area contributed by atoms with E-state index in [4.69, 9.17) is 9.47 Å². The second-order valence-corrected chi connectivity index (χ2v) is 7.29. The van der Waals surface area contributed by atoms with E-state index in [9.17, 15) is 4.79 Å². The highest BCUT2D eigenvalue weighted by molar-refractivity contribution is 7.21. The number of fused-ring (bicyclic) bond motifs is 2. The standard InChI is InChI=1S/C21H15N3O3S/c25-20(23-11-13-7-8-16-17(10-13)27-12-26-16)14-4-3-9-22-19(14)21-24-15-5-1-2-6-18(15)28-21/h1-10H,11-12H2,(H,23,25). The Kier molecular flexibility index (Phi) is 4.14. The molecule has 1 aliphatic heterocycles. The number of nitrogens with zero attached hydrogens (tertiary/aromatic N) is 2. The molecule has 0 fully saturated rings. The minimum atomic E-state index is -0.194. The van der Waals surface area contributed by atoms with Crippen LogP contribution >= 0.6 is 11.3 Å². The molecule has 1 amide bonds. The monoisotopic (exact) mass is 389 g/mol. The van der Waals surface area contributed by atoms with Crippen LogP contribution < -0.4 is 14.8 Å². The van der Waals surface area contributed by atoms with Crippen molar-refractivity contribution in [2.75, 3.05) is 6.79 Å². The first kappa shape index (κ1) is 16.7. The molecule has 2 aromatic heterocycles. The van der Waals surface area contributed by atoms with Crippen LogP contribution in [0, 0.1) is 0 Å². The third-order valence-electron chi connectivity index (χ3n) is 4.44. The molecule has 0 spiro atoms. The van der Waals surface area contributed by atoms with E-state index >= 15 is 0 Å². The van der Waals surface area contributed by atoms with Crippen molar-refractivity contribution >= 4 is 27.5 Å². The summed E-state index contributed by atoms with van der Waals surface area (Å²) in [5.41, 5.74) is 2.93. The minimum absolute atomic E-state index is 0.194. The molecule has 0 bridgehead atoms. The van der Waals surface area contributed by atoms with E-state index in [1.54, 1.807) is 18.3 Å². The van der Waals surface area contributed by atoms with Gasteiger partial charge in [-0.25, -0.2) is 4.98 Å². The molecule has 0 saturated carbocycles. The third kappa shape index (κ3) is 3.05. The summed E-state index contributed by atoms with van der Waals surface area (Å²) in [4.78, 5) is 21.9. The lowest BCUT2D eigenvalue weighted by Crippen LogP contribution is -2.23. The van der Waals surface area contributed by atoms with Gasteiger partial charge in [0.25, 0.3) is 5.91 Å². The quantitative estimate of drug-likeness (QED) is 0.571. The van der Waals surface area contributed by atoms with E-state index in [2.05, 4.69) is 15.3 Å². The third-order valence-corrected chi connectivity index (χ3v) is 5.48. The number of hydrogen-bond donors (Lipinski definition) is 1. The van der Waals surface area contributed by atoms with Gasteiger partial charge in [0.1, 0.15) is 10.7 Å². The van der Waals surface area contributed by atoms with Crippen LogP contribution in [-0.2, 0) is 6.54 Å². The van der Waals surface area contributed by atoms with Crippen molar-refractivity contribution in [3.63, 3.8) is 0 Å². The number of carbonyl (C=O) groups is 1. The Bertz CT molecular complexity index is 1160. The van der Waals surface area contributed by atoms with E-state index in [1.807, 2.05) is 42.5 Å². The second kappa shape index (κ2) is 6.94. The van der Waals surface area contributed by atoms with Crippen LogP contribution in [-0.4, -0.2) is 22.7 Å². The Morgan fingerprint density at radius 3 is 2.89 bits per heavy atom. The molecule has 5 rings (SSSR count).